The minimum absolute atomic E-state index is 0.491. The number of hydrogen-bond donors (Lipinski definition) is 0. The third kappa shape index (κ3) is 8.27. The molecule has 5 rings (SSSR count). The van der Waals surface area contributed by atoms with Gasteiger partial charge in [0.2, 0.25) is 0 Å². The van der Waals surface area contributed by atoms with E-state index >= 15 is 0 Å². The van der Waals surface area contributed by atoms with E-state index in [4.69, 9.17) is 4.74 Å². The van der Waals surface area contributed by atoms with Crippen LogP contribution in [0.4, 0.5) is 0 Å². The van der Waals surface area contributed by atoms with Crippen LogP contribution in [-0.4, -0.2) is 6.61 Å². The number of ether oxygens (including phenoxy) is 1. The van der Waals surface area contributed by atoms with E-state index in [2.05, 4.69) is 149 Å². The summed E-state index contributed by atoms with van der Waals surface area (Å²) in [5, 5.41) is 2.63. The third-order valence-corrected chi connectivity index (χ3v) is 9.77. The molecule has 0 spiro atoms. The molecule has 0 aliphatic carbocycles. The minimum atomic E-state index is 0.491. The standard InChI is InChI=1S/C43H50O/c1-5-32(3)36-23-25-37(26-24-36)33(4)29-42(30-35(6-2)38-13-8-7-9-14-38)39-21-19-34(20-22-39)31-44-28-27-41-17-12-16-40-15-10-11-18-43(40)41/h7-26,32-33,35,42H,5-6,27-31H2,1-4H3. The SMILES string of the molecule is CCC(C)c1ccc(C(C)CC(CC(CC)c2ccccc2)c2ccc(COCCc3cccc4ccccc34)cc2)cc1. The lowest BCUT2D eigenvalue weighted by Gasteiger charge is -2.27. The Morgan fingerprint density at radius 1 is 0.523 bits per heavy atom. The van der Waals surface area contributed by atoms with E-state index in [0.717, 1.165) is 32.3 Å². The molecular weight excluding hydrogens is 532 g/mol. The first-order valence-electron chi connectivity index (χ1n) is 16.8. The summed E-state index contributed by atoms with van der Waals surface area (Å²) >= 11 is 0. The highest BCUT2D eigenvalue weighted by atomic mass is 16.5. The van der Waals surface area contributed by atoms with Crippen molar-refractivity contribution in [1.82, 2.24) is 0 Å². The largest absolute Gasteiger partial charge is 0.376 e. The van der Waals surface area contributed by atoms with Crippen LogP contribution in [0.2, 0.25) is 0 Å². The lowest BCUT2D eigenvalue weighted by atomic mass is 9.78. The van der Waals surface area contributed by atoms with Crippen molar-refractivity contribution in [3.05, 3.63) is 155 Å². The van der Waals surface area contributed by atoms with Gasteiger partial charge in [-0.15, -0.1) is 0 Å². The Hall–Kier alpha value is -3.68. The lowest BCUT2D eigenvalue weighted by molar-refractivity contribution is 0.124. The zero-order valence-corrected chi connectivity index (χ0v) is 27.2. The van der Waals surface area contributed by atoms with Crippen molar-refractivity contribution in [3.8, 4) is 0 Å². The van der Waals surface area contributed by atoms with Gasteiger partial charge in [-0.2, -0.15) is 0 Å². The Morgan fingerprint density at radius 2 is 1.14 bits per heavy atom. The molecule has 4 atom stereocenters. The first-order chi connectivity index (χ1) is 21.6. The van der Waals surface area contributed by atoms with Crippen LogP contribution in [-0.2, 0) is 17.8 Å². The molecule has 4 unspecified atom stereocenters. The van der Waals surface area contributed by atoms with Gasteiger partial charge in [0, 0.05) is 0 Å². The van der Waals surface area contributed by atoms with E-state index in [1.165, 1.54) is 50.6 Å². The normalized spacial score (nSPS) is 14.3. The number of rotatable bonds is 15. The summed E-state index contributed by atoms with van der Waals surface area (Å²) in [6.45, 7) is 10.7. The van der Waals surface area contributed by atoms with E-state index < -0.39 is 0 Å². The Labute approximate surface area is 266 Å². The molecule has 0 aromatic heterocycles. The summed E-state index contributed by atoms with van der Waals surface area (Å²) < 4.78 is 6.17. The first-order valence-corrected chi connectivity index (χ1v) is 16.8. The molecule has 0 amide bonds. The first kappa shape index (κ1) is 31.7. The smallest absolute Gasteiger partial charge is 0.0717 e. The minimum Gasteiger partial charge on any atom is -0.376 e. The quantitative estimate of drug-likeness (QED) is 0.112. The summed E-state index contributed by atoms with van der Waals surface area (Å²) in [7, 11) is 0. The van der Waals surface area contributed by atoms with Crippen LogP contribution in [0.15, 0.2) is 121 Å². The molecule has 0 saturated carbocycles. The van der Waals surface area contributed by atoms with Crippen LogP contribution in [0.5, 0.6) is 0 Å². The molecule has 44 heavy (non-hydrogen) atoms. The van der Waals surface area contributed by atoms with Crippen molar-refractivity contribution >= 4 is 10.8 Å². The molecule has 0 N–H and O–H groups in total. The lowest BCUT2D eigenvalue weighted by Crippen LogP contribution is -2.10. The van der Waals surface area contributed by atoms with Gasteiger partial charge < -0.3 is 4.74 Å². The number of fused-ring (bicyclic) bond motifs is 1. The highest BCUT2D eigenvalue weighted by Crippen LogP contribution is 2.39. The Morgan fingerprint density at radius 3 is 1.84 bits per heavy atom. The molecule has 0 saturated heterocycles. The van der Waals surface area contributed by atoms with Crippen molar-refractivity contribution in [2.24, 2.45) is 0 Å². The van der Waals surface area contributed by atoms with Gasteiger partial charge in [-0.3, -0.25) is 0 Å². The fourth-order valence-electron chi connectivity index (χ4n) is 6.70. The summed E-state index contributed by atoms with van der Waals surface area (Å²) in [5.74, 6) is 2.16. The Balaban J connectivity index is 1.25. The van der Waals surface area contributed by atoms with Gasteiger partial charge in [0.15, 0.2) is 0 Å². The van der Waals surface area contributed by atoms with E-state index in [0.29, 0.717) is 30.3 Å². The van der Waals surface area contributed by atoms with Gasteiger partial charge in [0.25, 0.3) is 0 Å². The zero-order chi connectivity index (χ0) is 30.7. The highest BCUT2D eigenvalue weighted by Gasteiger charge is 2.22. The van der Waals surface area contributed by atoms with Gasteiger partial charge in [0.1, 0.15) is 0 Å². The van der Waals surface area contributed by atoms with Crippen LogP contribution in [0.3, 0.4) is 0 Å². The van der Waals surface area contributed by atoms with Crippen LogP contribution >= 0.6 is 0 Å². The van der Waals surface area contributed by atoms with E-state index in [1.54, 1.807) is 0 Å². The Bertz CT molecular complexity index is 1550. The molecule has 1 nitrogen and oxygen atoms in total. The van der Waals surface area contributed by atoms with Crippen LogP contribution in [0.25, 0.3) is 10.8 Å². The van der Waals surface area contributed by atoms with Crippen LogP contribution < -0.4 is 0 Å². The molecular formula is C43H50O. The Kier molecular flexibility index (Phi) is 11.4. The molecule has 0 radical (unpaired) electrons. The predicted octanol–water partition coefficient (Wildman–Crippen LogP) is 12.0. The van der Waals surface area contributed by atoms with Crippen molar-refractivity contribution in [2.45, 2.75) is 90.1 Å². The molecule has 0 aliphatic heterocycles. The van der Waals surface area contributed by atoms with E-state index in [1.807, 2.05) is 0 Å². The van der Waals surface area contributed by atoms with Crippen molar-refractivity contribution < 1.29 is 4.74 Å². The second-order valence-electron chi connectivity index (χ2n) is 12.7. The van der Waals surface area contributed by atoms with Gasteiger partial charge >= 0.3 is 0 Å². The van der Waals surface area contributed by atoms with Crippen molar-refractivity contribution in [1.29, 1.82) is 0 Å². The molecule has 0 aliphatic rings. The van der Waals surface area contributed by atoms with Crippen LogP contribution in [0, 0.1) is 0 Å². The zero-order valence-electron chi connectivity index (χ0n) is 27.2. The molecule has 228 valence electrons. The number of hydrogen-bond acceptors (Lipinski definition) is 1. The summed E-state index contributed by atoms with van der Waals surface area (Å²) in [6, 6.07) is 45.0. The summed E-state index contributed by atoms with van der Waals surface area (Å²) in [6.07, 6.45) is 5.57. The highest BCUT2D eigenvalue weighted by molar-refractivity contribution is 5.85. The second-order valence-corrected chi connectivity index (χ2v) is 12.7. The van der Waals surface area contributed by atoms with Gasteiger partial charge in [-0.05, 0) is 99.9 Å². The maximum Gasteiger partial charge on any atom is 0.0717 e. The van der Waals surface area contributed by atoms with Crippen molar-refractivity contribution in [2.75, 3.05) is 6.61 Å². The predicted molar refractivity (Wildman–Crippen MR) is 189 cm³/mol. The molecule has 1 heteroatoms. The monoisotopic (exact) mass is 582 g/mol. The molecule has 5 aromatic rings. The average molecular weight is 583 g/mol. The van der Waals surface area contributed by atoms with Crippen LogP contribution in [0.1, 0.15) is 110 Å². The third-order valence-electron chi connectivity index (χ3n) is 9.77. The van der Waals surface area contributed by atoms with Gasteiger partial charge in [0.05, 0.1) is 13.2 Å². The van der Waals surface area contributed by atoms with E-state index in [9.17, 15) is 0 Å². The fraction of sp³-hybridized carbons (Fsp3) is 0.349. The fourth-order valence-corrected chi connectivity index (χ4v) is 6.70. The molecule has 0 heterocycles. The van der Waals surface area contributed by atoms with Crippen molar-refractivity contribution in [3.63, 3.8) is 0 Å². The maximum atomic E-state index is 6.17. The molecule has 0 bridgehead atoms. The average Bonchev–Trinajstić information content (AvgIpc) is 3.09. The number of benzene rings is 5. The van der Waals surface area contributed by atoms with E-state index in [-0.39, 0.29) is 0 Å². The van der Waals surface area contributed by atoms with Gasteiger partial charge in [-0.1, -0.05) is 149 Å². The molecule has 5 aromatic carbocycles. The topological polar surface area (TPSA) is 9.23 Å². The summed E-state index contributed by atoms with van der Waals surface area (Å²) in [4.78, 5) is 0. The second kappa shape index (κ2) is 15.9. The molecule has 0 fully saturated rings. The summed E-state index contributed by atoms with van der Waals surface area (Å²) in [5.41, 5.74) is 8.41. The van der Waals surface area contributed by atoms with Gasteiger partial charge in [-0.25, -0.2) is 0 Å². The maximum absolute atomic E-state index is 6.17.